The quantitative estimate of drug-likeness (QED) is 0.364. The molecule has 1 fully saturated rings. The molecule has 0 spiro atoms. The number of nitrogens with two attached hydrogens (primary N) is 1. The number of likely N-dealkylation sites (tertiary alicyclic amines) is 1. The topological polar surface area (TPSA) is 107 Å². The highest BCUT2D eigenvalue weighted by Crippen LogP contribution is 2.29. The number of aliphatic carboxylic acids is 1. The summed E-state index contributed by atoms with van der Waals surface area (Å²) < 4.78 is 0. The van der Waals surface area contributed by atoms with Crippen molar-refractivity contribution in [2.24, 2.45) is 11.7 Å². The Balaban J connectivity index is 0.00000300. The van der Waals surface area contributed by atoms with Crippen molar-refractivity contribution in [1.29, 1.82) is 5.41 Å². The van der Waals surface area contributed by atoms with E-state index in [0.29, 0.717) is 12.1 Å². The van der Waals surface area contributed by atoms with Crippen LogP contribution in [-0.2, 0) is 9.59 Å². The van der Waals surface area contributed by atoms with Crippen molar-refractivity contribution in [1.82, 2.24) is 4.90 Å². The number of aldehydes is 1. The molecular formula is C22H26ClN3O3. The third kappa shape index (κ3) is 5.65. The van der Waals surface area contributed by atoms with E-state index in [1.54, 1.807) is 0 Å². The van der Waals surface area contributed by atoms with Crippen molar-refractivity contribution >= 4 is 30.5 Å². The van der Waals surface area contributed by atoms with Gasteiger partial charge in [0.05, 0.1) is 6.04 Å². The van der Waals surface area contributed by atoms with E-state index in [-0.39, 0.29) is 36.6 Å². The number of carboxylic acid groups (broad SMARTS) is 1. The maximum Gasteiger partial charge on any atom is 0.303 e. The van der Waals surface area contributed by atoms with Crippen LogP contribution in [0.1, 0.15) is 36.4 Å². The zero-order chi connectivity index (χ0) is 20.1. The Bertz CT molecular complexity index is 853. The predicted molar refractivity (Wildman–Crippen MR) is 115 cm³/mol. The van der Waals surface area contributed by atoms with Crippen LogP contribution < -0.4 is 5.73 Å². The van der Waals surface area contributed by atoms with Crippen LogP contribution in [0, 0.1) is 11.3 Å². The van der Waals surface area contributed by atoms with Crippen molar-refractivity contribution in [3.8, 4) is 11.1 Å². The number of amidine groups is 1. The highest BCUT2D eigenvalue weighted by atomic mass is 35.5. The Morgan fingerprint density at radius 1 is 1.17 bits per heavy atom. The van der Waals surface area contributed by atoms with Crippen molar-refractivity contribution in [2.75, 3.05) is 13.1 Å². The molecule has 1 aliphatic rings. The van der Waals surface area contributed by atoms with Crippen molar-refractivity contribution in [3.05, 3.63) is 59.7 Å². The minimum Gasteiger partial charge on any atom is -0.481 e. The van der Waals surface area contributed by atoms with Crippen LogP contribution in [0.25, 0.3) is 11.1 Å². The van der Waals surface area contributed by atoms with E-state index >= 15 is 0 Å². The SMILES string of the molecule is Cl.N=C(N)c1ccc(-c2ccc(C(C=O)N3CCCC(CC(=O)O)C3)cc2)cc1. The first-order chi connectivity index (χ1) is 13.5. The predicted octanol–water partition coefficient (Wildman–Crippen LogP) is 3.49. The monoisotopic (exact) mass is 415 g/mol. The molecule has 6 nitrogen and oxygen atoms in total. The molecule has 7 heteroatoms. The van der Waals surface area contributed by atoms with Crippen molar-refractivity contribution in [3.63, 3.8) is 0 Å². The van der Waals surface area contributed by atoms with Crippen LogP contribution >= 0.6 is 12.4 Å². The number of carbonyl (C=O) groups excluding carboxylic acids is 1. The Morgan fingerprint density at radius 3 is 2.28 bits per heavy atom. The van der Waals surface area contributed by atoms with Crippen LogP contribution in [0.15, 0.2) is 48.5 Å². The largest absolute Gasteiger partial charge is 0.481 e. The van der Waals surface area contributed by atoms with E-state index in [1.807, 2.05) is 48.5 Å². The van der Waals surface area contributed by atoms with Gasteiger partial charge in [0.25, 0.3) is 0 Å². The molecule has 2 unspecified atom stereocenters. The molecule has 0 aliphatic carbocycles. The highest BCUT2D eigenvalue weighted by Gasteiger charge is 2.27. The molecule has 3 rings (SSSR count). The summed E-state index contributed by atoms with van der Waals surface area (Å²) in [4.78, 5) is 24.9. The van der Waals surface area contributed by atoms with Crippen LogP contribution in [0.4, 0.5) is 0 Å². The molecular weight excluding hydrogens is 390 g/mol. The fourth-order valence-corrected chi connectivity index (χ4v) is 3.85. The number of carbonyl (C=O) groups is 2. The van der Waals surface area contributed by atoms with Gasteiger partial charge in [0.15, 0.2) is 0 Å². The number of hydrogen-bond donors (Lipinski definition) is 3. The molecule has 0 bridgehead atoms. The standard InChI is InChI=1S/C22H25N3O3.ClH/c23-22(24)19-9-5-17(6-10-19)16-3-7-18(8-4-16)20(14-26)25-11-1-2-15(13-25)12-21(27)28;/h3-10,14-15,20H,1-2,11-13H2,(H3,23,24)(H,27,28);1H. The lowest BCUT2D eigenvalue weighted by molar-refractivity contribution is -0.138. The van der Waals surface area contributed by atoms with Gasteiger partial charge in [-0.05, 0) is 42.0 Å². The lowest BCUT2D eigenvalue weighted by atomic mass is 9.92. The molecule has 4 N–H and O–H groups in total. The molecule has 2 atom stereocenters. The van der Waals surface area contributed by atoms with Crippen LogP contribution in [0.3, 0.4) is 0 Å². The Kier molecular flexibility index (Phi) is 7.93. The summed E-state index contributed by atoms with van der Waals surface area (Å²) in [6.07, 6.45) is 2.89. The number of piperidine rings is 1. The van der Waals surface area contributed by atoms with E-state index in [1.165, 1.54) is 0 Å². The number of nitrogen functional groups attached to an aromatic ring is 1. The van der Waals surface area contributed by atoms with Gasteiger partial charge in [0, 0.05) is 18.5 Å². The van der Waals surface area contributed by atoms with Crippen LogP contribution in [0.2, 0.25) is 0 Å². The summed E-state index contributed by atoms with van der Waals surface area (Å²) in [6.45, 7) is 1.43. The average Bonchev–Trinajstić information content (AvgIpc) is 2.69. The number of nitrogens with one attached hydrogen (secondary N) is 1. The molecule has 0 radical (unpaired) electrons. The van der Waals surface area contributed by atoms with Crippen LogP contribution in [0.5, 0.6) is 0 Å². The van der Waals surface area contributed by atoms with E-state index in [4.69, 9.17) is 16.2 Å². The number of halogens is 1. The first-order valence-electron chi connectivity index (χ1n) is 9.44. The Hall–Kier alpha value is -2.70. The number of benzene rings is 2. The molecule has 0 aromatic heterocycles. The third-order valence-corrected chi connectivity index (χ3v) is 5.32. The summed E-state index contributed by atoms with van der Waals surface area (Å²) in [5.41, 5.74) is 9.12. The summed E-state index contributed by atoms with van der Waals surface area (Å²) in [7, 11) is 0. The second-order valence-electron chi connectivity index (χ2n) is 7.30. The fourth-order valence-electron chi connectivity index (χ4n) is 3.85. The van der Waals surface area contributed by atoms with Gasteiger partial charge in [0.2, 0.25) is 0 Å². The summed E-state index contributed by atoms with van der Waals surface area (Å²) in [5, 5.41) is 16.5. The van der Waals surface area contributed by atoms with Gasteiger partial charge in [-0.15, -0.1) is 12.4 Å². The van der Waals surface area contributed by atoms with Gasteiger partial charge in [-0.3, -0.25) is 15.1 Å². The van der Waals surface area contributed by atoms with Gasteiger partial charge in [-0.1, -0.05) is 48.5 Å². The smallest absolute Gasteiger partial charge is 0.303 e. The van der Waals surface area contributed by atoms with Crippen LogP contribution in [-0.4, -0.2) is 41.2 Å². The fraction of sp³-hybridized carbons (Fsp3) is 0.318. The number of hydrogen-bond acceptors (Lipinski definition) is 4. The molecule has 0 amide bonds. The molecule has 2 aromatic rings. The minimum atomic E-state index is -0.783. The van der Waals surface area contributed by atoms with E-state index in [2.05, 4.69) is 4.90 Å². The number of nitrogens with zero attached hydrogens (tertiary/aromatic N) is 1. The minimum absolute atomic E-state index is 0. The first-order valence-corrected chi connectivity index (χ1v) is 9.44. The maximum atomic E-state index is 11.8. The normalized spacial score (nSPS) is 17.7. The molecule has 2 aromatic carbocycles. The lowest BCUT2D eigenvalue weighted by Crippen LogP contribution is -2.39. The maximum absolute atomic E-state index is 11.8. The van der Waals surface area contributed by atoms with E-state index in [9.17, 15) is 9.59 Å². The zero-order valence-electron chi connectivity index (χ0n) is 16.1. The van der Waals surface area contributed by atoms with Gasteiger partial charge in [-0.25, -0.2) is 0 Å². The Labute approximate surface area is 176 Å². The molecule has 154 valence electrons. The van der Waals surface area contributed by atoms with E-state index < -0.39 is 5.97 Å². The van der Waals surface area contributed by atoms with Gasteiger partial charge < -0.3 is 15.6 Å². The second kappa shape index (κ2) is 10.2. The second-order valence-corrected chi connectivity index (χ2v) is 7.30. The summed E-state index contributed by atoms with van der Waals surface area (Å²) >= 11 is 0. The van der Waals surface area contributed by atoms with Gasteiger partial charge in [-0.2, -0.15) is 0 Å². The highest BCUT2D eigenvalue weighted by molar-refractivity contribution is 5.95. The lowest BCUT2D eigenvalue weighted by Gasteiger charge is -2.35. The molecule has 1 saturated heterocycles. The zero-order valence-corrected chi connectivity index (χ0v) is 16.9. The molecule has 1 heterocycles. The molecule has 1 aliphatic heterocycles. The van der Waals surface area contributed by atoms with Crippen molar-refractivity contribution < 1.29 is 14.7 Å². The number of carboxylic acids is 1. The summed E-state index contributed by atoms with van der Waals surface area (Å²) in [5.74, 6) is -0.652. The van der Waals surface area contributed by atoms with Gasteiger partial charge in [0.1, 0.15) is 12.1 Å². The Morgan fingerprint density at radius 2 is 1.76 bits per heavy atom. The van der Waals surface area contributed by atoms with E-state index in [0.717, 1.165) is 42.4 Å². The molecule has 29 heavy (non-hydrogen) atoms. The first kappa shape index (κ1) is 22.6. The van der Waals surface area contributed by atoms with Crippen molar-refractivity contribution in [2.45, 2.75) is 25.3 Å². The molecule has 0 saturated carbocycles. The number of rotatable bonds is 7. The van der Waals surface area contributed by atoms with Gasteiger partial charge >= 0.3 is 5.97 Å². The average molecular weight is 416 g/mol. The summed E-state index contributed by atoms with van der Waals surface area (Å²) in [6, 6.07) is 15.0. The third-order valence-electron chi connectivity index (χ3n) is 5.32.